The third-order valence-electron chi connectivity index (χ3n) is 4.79. The van der Waals surface area contributed by atoms with Crippen LogP contribution >= 0.6 is 0 Å². The van der Waals surface area contributed by atoms with Crippen molar-refractivity contribution in [1.82, 2.24) is 4.90 Å². The number of hydrogen-bond donors (Lipinski definition) is 0. The number of halogens is 1. The molecule has 0 radical (unpaired) electrons. The van der Waals surface area contributed by atoms with Gasteiger partial charge < -0.3 is 9.80 Å². The topological polar surface area (TPSA) is 40.6 Å². The lowest BCUT2D eigenvalue weighted by Crippen LogP contribution is -2.44. The molecule has 1 aliphatic heterocycles. The number of benzene rings is 2. The second-order valence-electron chi connectivity index (χ2n) is 6.56. The molecule has 0 saturated carbocycles. The lowest BCUT2D eigenvalue weighted by Gasteiger charge is -2.31. The molecule has 0 bridgehead atoms. The van der Waals surface area contributed by atoms with Crippen molar-refractivity contribution in [2.24, 2.45) is 0 Å². The van der Waals surface area contributed by atoms with E-state index in [1.54, 1.807) is 23.1 Å². The molecule has 26 heavy (non-hydrogen) atoms. The second kappa shape index (κ2) is 8.13. The van der Waals surface area contributed by atoms with Gasteiger partial charge in [-0.1, -0.05) is 36.4 Å². The number of anilines is 1. The first-order valence-corrected chi connectivity index (χ1v) is 8.93. The number of rotatable bonds is 5. The second-order valence-corrected chi connectivity index (χ2v) is 6.56. The van der Waals surface area contributed by atoms with Crippen LogP contribution < -0.4 is 4.90 Å². The Morgan fingerprint density at radius 1 is 1.12 bits per heavy atom. The van der Waals surface area contributed by atoms with Crippen LogP contribution in [0.4, 0.5) is 10.1 Å². The minimum absolute atomic E-state index is 0.0120. The molecular formula is C21H23FN2O2. The van der Waals surface area contributed by atoms with Crippen LogP contribution in [0.25, 0.3) is 0 Å². The Bertz CT molecular complexity index is 806. The lowest BCUT2D eigenvalue weighted by molar-refractivity contribution is -0.133. The maximum absolute atomic E-state index is 13.8. The van der Waals surface area contributed by atoms with E-state index < -0.39 is 0 Å². The number of amides is 2. The van der Waals surface area contributed by atoms with Crippen molar-refractivity contribution in [3.05, 3.63) is 65.5 Å². The van der Waals surface area contributed by atoms with Crippen molar-refractivity contribution in [3.8, 4) is 0 Å². The van der Waals surface area contributed by atoms with E-state index in [-0.39, 0.29) is 24.2 Å². The van der Waals surface area contributed by atoms with E-state index >= 15 is 0 Å². The fraction of sp³-hybridized carbons (Fsp3) is 0.333. The lowest BCUT2D eigenvalue weighted by atomic mass is 10.0. The Labute approximate surface area is 153 Å². The highest BCUT2D eigenvalue weighted by Crippen LogP contribution is 2.26. The smallest absolute Gasteiger partial charge is 0.246 e. The molecule has 136 valence electrons. The number of carbonyl (C=O) groups is 2. The molecule has 5 heteroatoms. The molecule has 2 amide bonds. The van der Waals surface area contributed by atoms with Crippen LogP contribution in [-0.4, -0.2) is 36.3 Å². The number of aryl methyl sites for hydroxylation is 1. The third kappa shape index (κ3) is 4.10. The standard InChI is InChI=1S/C21H23FN2O2/c1-16(25)23(14-12-17-7-2-4-10-19(17)22)15-21(26)24-13-6-9-18-8-3-5-11-20(18)24/h2-5,7-8,10-11H,6,9,12-15H2,1H3. The highest BCUT2D eigenvalue weighted by molar-refractivity contribution is 5.97. The SMILES string of the molecule is CC(=O)N(CCc1ccccc1F)CC(=O)N1CCCc2ccccc21. The van der Waals surface area contributed by atoms with Gasteiger partial charge in [0.1, 0.15) is 12.4 Å². The van der Waals surface area contributed by atoms with Crippen LogP contribution in [0.1, 0.15) is 24.5 Å². The van der Waals surface area contributed by atoms with Gasteiger partial charge in [-0.2, -0.15) is 0 Å². The Balaban J connectivity index is 1.68. The van der Waals surface area contributed by atoms with Crippen LogP contribution in [-0.2, 0) is 22.4 Å². The van der Waals surface area contributed by atoms with Gasteiger partial charge in [-0.25, -0.2) is 4.39 Å². The van der Waals surface area contributed by atoms with Crippen LogP contribution in [0.3, 0.4) is 0 Å². The average molecular weight is 354 g/mol. The average Bonchev–Trinajstić information content (AvgIpc) is 2.65. The predicted octanol–water partition coefficient (Wildman–Crippen LogP) is 3.20. The molecule has 0 atom stereocenters. The maximum atomic E-state index is 13.8. The first-order valence-electron chi connectivity index (χ1n) is 8.93. The minimum atomic E-state index is -0.285. The number of carbonyl (C=O) groups excluding carboxylic acids is 2. The van der Waals surface area contributed by atoms with Gasteiger partial charge in [-0.3, -0.25) is 9.59 Å². The van der Waals surface area contributed by atoms with Crippen LogP contribution in [0.5, 0.6) is 0 Å². The van der Waals surface area contributed by atoms with Crippen molar-refractivity contribution < 1.29 is 14.0 Å². The maximum Gasteiger partial charge on any atom is 0.246 e. The van der Waals surface area contributed by atoms with Gasteiger partial charge in [0, 0.05) is 25.7 Å². The van der Waals surface area contributed by atoms with E-state index in [9.17, 15) is 14.0 Å². The summed E-state index contributed by atoms with van der Waals surface area (Å²) in [6, 6.07) is 14.4. The highest BCUT2D eigenvalue weighted by Gasteiger charge is 2.24. The van der Waals surface area contributed by atoms with Crippen molar-refractivity contribution in [2.75, 3.05) is 24.5 Å². The summed E-state index contributed by atoms with van der Waals surface area (Å²) < 4.78 is 13.8. The van der Waals surface area contributed by atoms with Gasteiger partial charge in [-0.15, -0.1) is 0 Å². The summed E-state index contributed by atoms with van der Waals surface area (Å²) in [5.41, 5.74) is 2.64. The van der Waals surface area contributed by atoms with Gasteiger partial charge >= 0.3 is 0 Å². The summed E-state index contributed by atoms with van der Waals surface area (Å²) in [4.78, 5) is 28.0. The molecule has 0 fully saturated rings. The molecule has 0 aliphatic carbocycles. The Kier molecular flexibility index (Phi) is 5.66. The highest BCUT2D eigenvalue weighted by atomic mass is 19.1. The molecule has 2 aromatic rings. The summed E-state index contributed by atoms with van der Waals surface area (Å²) in [5, 5.41) is 0. The number of nitrogens with zero attached hydrogens (tertiary/aromatic N) is 2. The molecule has 4 nitrogen and oxygen atoms in total. The normalized spacial score (nSPS) is 13.2. The van der Waals surface area contributed by atoms with Gasteiger partial charge in [0.25, 0.3) is 0 Å². The zero-order chi connectivity index (χ0) is 18.5. The summed E-state index contributed by atoms with van der Waals surface area (Å²) in [7, 11) is 0. The summed E-state index contributed by atoms with van der Waals surface area (Å²) >= 11 is 0. The quantitative estimate of drug-likeness (QED) is 0.827. The zero-order valence-electron chi connectivity index (χ0n) is 15.0. The molecule has 3 rings (SSSR count). The molecule has 0 N–H and O–H groups in total. The first-order chi connectivity index (χ1) is 12.6. The van der Waals surface area contributed by atoms with E-state index in [4.69, 9.17) is 0 Å². The summed E-state index contributed by atoms with van der Waals surface area (Å²) in [6.45, 7) is 2.43. The van der Waals surface area contributed by atoms with E-state index in [0.717, 1.165) is 24.1 Å². The fourth-order valence-corrected chi connectivity index (χ4v) is 3.35. The number of para-hydroxylation sites is 1. The van der Waals surface area contributed by atoms with Gasteiger partial charge in [0.2, 0.25) is 11.8 Å². The van der Waals surface area contributed by atoms with Crippen LogP contribution in [0.15, 0.2) is 48.5 Å². The molecule has 1 aliphatic rings. The first kappa shape index (κ1) is 18.1. The predicted molar refractivity (Wildman–Crippen MR) is 99.5 cm³/mol. The van der Waals surface area contributed by atoms with Crippen molar-refractivity contribution in [3.63, 3.8) is 0 Å². The monoisotopic (exact) mass is 354 g/mol. The van der Waals surface area contributed by atoms with Crippen molar-refractivity contribution in [2.45, 2.75) is 26.2 Å². The number of fused-ring (bicyclic) bond motifs is 1. The molecule has 2 aromatic carbocycles. The molecule has 0 spiro atoms. The zero-order valence-corrected chi connectivity index (χ0v) is 15.0. The minimum Gasteiger partial charge on any atom is -0.333 e. The molecule has 1 heterocycles. The molecular weight excluding hydrogens is 331 g/mol. The van der Waals surface area contributed by atoms with E-state index in [0.29, 0.717) is 25.1 Å². The molecule has 0 saturated heterocycles. The van der Waals surface area contributed by atoms with Crippen molar-refractivity contribution in [1.29, 1.82) is 0 Å². The van der Waals surface area contributed by atoms with Gasteiger partial charge in [0.15, 0.2) is 0 Å². The summed E-state index contributed by atoms with van der Waals surface area (Å²) in [6.07, 6.45) is 2.26. The van der Waals surface area contributed by atoms with Gasteiger partial charge in [-0.05, 0) is 42.5 Å². The molecule has 0 aromatic heterocycles. The number of hydrogen-bond acceptors (Lipinski definition) is 2. The van der Waals surface area contributed by atoms with E-state index in [1.165, 1.54) is 17.9 Å². The Morgan fingerprint density at radius 2 is 1.85 bits per heavy atom. The van der Waals surface area contributed by atoms with Crippen LogP contribution in [0, 0.1) is 5.82 Å². The van der Waals surface area contributed by atoms with Gasteiger partial charge in [0.05, 0.1) is 0 Å². The Hall–Kier alpha value is -2.69. The largest absolute Gasteiger partial charge is 0.333 e. The van der Waals surface area contributed by atoms with E-state index in [2.05, 4.69) is 0 Å². The van der Waals surface area contributed by atoms with Crippen molar-refractivity contribution >= 4 is 17.5 Å². The Morgan fingerprint density at radius 3 is 2.62 bits per heavy atom. The van der Waals surface area contributed by atoms with Crippen LogP contribution in [0.2, 0.25) is 0 Å². The third-order valence-corrected chi connectivity index (χ3v) is 4.79. The summed E-state index contributed by atoms with van der Waals surface area (Å²) in [5.74, 6) is -0.562. The van der Waals surface area contributed by atoms with E-state index in [1.807, 2.05) is 24.3 Å². The fourth-order valence-electron chi connectivity index (χ4n) is 3.35. The molecule has 0 unspecified atom stereocenters.